The van der Waals surface area contributed by atoms with Gasteiger partial charge in [0, 0.05) is 18.1 Å². The predicted molar refractivity (Wildman–Crippen MR) is 89.7 cm³/mol. The van der Waals surface area contributed by atoms with E-state index >= 15 is 0 Å². The third-order valence-electron chi connectivity index (χ3n) is 3.00. The Morgan fingerprint density at radius 1 is 1.30 bits per heavy atom. The maximum absolute atomic E-state index is 12.2. The molecule has 1 rings (SSSR count). The summed E-state index contributed by atoms with van der Waals surface area (Å²) in [7, 11) is 1.58. The van der Waals surface area contributed by atoms with E-state index in [1.807, 2.05) is 12.1 Å². The molecule has 126 valence electrons. The molecule has 1 aromatic carbocycles. The van der Waals surface area contributed by atoms with Gasteiger partial charge in [-0.2, -0.15) is 0 Å². The fourth-order valence-electron chi connectivity index (χ4n) is 1.86. The van der Waals surface area contributed by atoms with Crippen LogP contribution in [0.3, 0.4) is 0 Å². The van der Waals surface area contributed by atoms with Crippen molar-refractivity contribution >= 4 is 23.7 Å². The summed E-state index contributed by atoms with van der Waals surface area (Å²) in [6.45, 7) is 5.33. The molecule has 0 aliphatic heterocycles. The minimum atomic E-state index is -1.07. The van der Waals surface area contributed by atoms with Crippen LogP contribution in [-0.2, 0) is 16.0 Å². The van der Waals surface area contributed by atoms with E-state index < -0.39 is 23.7 Å². The average molecular weight is 340 g/mol. The zero-order chi connectivity index (χ0) is 17.6. The highest BCUT2D eigenvalue weighted by Gasteiger charge is 2.24. The van der Waals surface area contributed by atoms with Gasteiger partial charge in [-0.1, -0.05) is 29.8 Å². The van der Waals surface area contributed by atoms with Gasteiger partial charge >= 0.3 is 12.1 Å². The number of carbonyl (C=O) groups excluding carboxylic acids is 1. The second-order valence-corrected chi connectivity index (χ2v) is 6.62. The number of carbonyl (C=O) groups is 2. The number of aliphatic carboxylic acids is 1. The number of halogens is 1. The number of carboxylic acids is 1. The Morgan fingerprint density at radius 2 is 1.87 bits per heavy atom. The van der Waals surface area contributed by atoms with E-state index in [-0.39, 0.29) is 0 Å². The van der Waals surface area contributed by atoms with Gasteiger partial charge in [0.25, 0.3) is 0 Å². The molecule has 0 aliphatic carbocycles. The minimum absolute atomic E-state index is 0.442. The van der Waals surface area contributed by atoms with Crippen molar-refractivity contribution in [2.24, 2.45) is 0 Å². The topological polar surface area (TPSA) is 66.8 Å². The number of benzene rings is 1. The van der Waals surface area contributed by atoms with Gasteiger partial charge in [-0.25, -0.2) is 9.59 Å². The van der Waals surface area contributed by atoms with Gasteiger partial charge in [0.05, 0.1) is 6.04 Å². The third-order valence-corrected chi connectivity index (χ3v) is 3.25. The molecule has 5 nitrogen and oxygen atoms in total. The average Bonchev–Trinajstić information content (AvgIpc) is 2.42. The van der Waals surface area contributed by atoms with Crippen molar-refractivity contribution in [3.63, 3.8) is 0 Å². The maximum Gasteiger partial charge on any atom is 0.410 e. The lowest BCUT2D eigenvalue weighted by Gasteiger charge is -2.29. The first kappa shape index (κ1) is 19.0. The molecular formula is C17H22ClNO4. The van der Waals surface area contributed by atoms with Gasteiger partial charge in [0.1, 0.15) is 5.60 Å². The van der Waals surface area contributed by atoms with Crippen molar-refractivity contribution in [2.45, 2.75) is 38.8 Å². The summed E-state index contributed by atoms with van der Waals surface area (Å²) >= 11 is 5.86. The first-order chi connectivity index (χ1) is 10.6. The van der Waals surface area contributed by atoms with Crippen molar-refractivity contribution < 1.29 is 19.4 Å². The van der Waals surface area contributed by atoms with Crippen LogP contribution in [0.15, 0.2) is 36.4 Å². The molecule has 0 fully saturated rings. The van der Waals surface area contributed by atoms with Crippen molar-refractivity contribution in [3.8, 4) is 0 Å². The van der Waals surface area contributed by atoms with Crippen molar-refractivity contribution in [3.05, 3.63) is 47.0 Å². The van der Waals surface area contributed by atoms with Crippen molar-refractivity contribution in [1.82, 2.24) is 4.90 Å². The van der Waals surface area contributed by atoms with E-state index in [2.05, 4.69) is 0 Å². The zero-order valence-corrected chi connectivity index (χ0v) is 14.5. The first-order valence-electron chi connectivity index (χ1n) is 7.20. The molecule has 0 saturated carbocycles. The number of ether oxygens (including phenoxy) is 1. The molecule has 6 heteroatoms. The lowest BCUT2D eigenvalue weighted by atomic mass is 10.0. The zero-order valence-electron chi connectivity index (χ0n) is 13.7. The van der Waals surface area contributed by atoms with E-state index in [0.29, 0.717) is 11.4 Å². The Hall–Kier alpha value is -2.01. The molecule has 1 N–H and O–H groups in total. The quantitative estimate of drug-likeness (QED) is 0.829. The number of carboxylic acid groups (broad SMARTS) is 1. The molecule has 0 unspecified atom stereocenters. The number of hydrogen-bond donors (Lipinski definition) is 1. The summed E-state index contributed by atoms with van der Waals surface area (Å²) in [5.41, 5.74) is 0.317. The summed E-state index contributed by atoms with van der Waals surface area (Å²) in [6.07, 6.45) is 2.45. The summed E-state index contributed by atoms with van der Waals surface area (Å²) in [5.74, 6) is -1.07. The Morgan fingerprint density at radius 3 is 2.35 bits per heavy atom. The summed E-state index contributed by atoms with van der Waals surface area (Å²) in [5, 5.41) is 9.45. The van der Waals surface area contributed by atoms with Crippen molar-refractivity contribution in [2.75, 3.05) is 7.05 Å². The first-order valence-corrected chi connectivity index (χ1v) is 7.57. The molecule has 23 heavy (non-hydrogen) atoms. The Labute approximate surface area is 141 Å². The monoisotopic (exact) mass is 339 g/mol. The lowest BCUT2D eigenvalue weighted by molar-refractivity contribution is -0.131. The maximum atomic E-state index is 12.2. The molecule has 1 aromatic rings. The molecule has 0 radical (unpaired) electrons. The molecule has 0 saturated heterocycles. The molecular weight excluding hydrogens is 318 g/mol. The molecule has 0 bridgehead atoms. The molecule has 1 amide bonds. The normalized spacial score (nSPS) is 12.9. The SMILES string of the molecule is CN(C(=O)OC(C)(C)C)[C@@H](/C=C/C(=O)O)Cc1ccc(Cl)cc1. The Kier molecular flexibility index (Phi) is 6.63. The Bertz CT molecular complexity index is 575. The van der Waals surface area contributed by atoms with E-state index in [0.717, 1.165) is 11.6 Å². The molecule has 0 heterocycles. The van der Waals surface area contributed by atoms with Gasteiger partial charge in [0.2, 0.25) is 0 Å². The summed E-state index contributed by atoms with van der Waals surface area (Å²) in [6, 6.07) is 6.74. The minimum Gasteiger partial charge on any atom is -0.478 e. The second kappa shape index (κ2) is 8.02. The number of nitrogens with zero attached hydrogens (tertiary/aromatic N) is 1. The van der Waals surface area contributed by atoms with Crippen LogP contribution in [0.1, 0.15) is 26.3 Å². The van der Waals surface area contributed by atoms with E-state index in [9.17, 15) is 9.59 Å². The van der Waals surface area contributed by atoms with Crippen LogP contribution in [-0.4, -0.2) is 40.8 Å². The van der Waals surface area contributed by atoms with E-state index in [1.54, 1.807) is 40.0 Å². The third kappa shape index (κ3) is 7.19. The van der Waals surface area contributed by atoms with Gasteiger partial charge in [-0.3, -0.25) is 0 Å². The van der Waals surface area contributed by atoms with Gasteiger partial charge < -0.3 is 14.7 Å². The van der Waals surface area contributed by atoms with E-state index in [1.165, 1.54) is 11.0 Å². The van der Waals surface area contributed by atoms with Crippen LogP contribution in [0.2, 0.25) is 5.02 Å². The summed E-state index contributed by atoms with van der Waals surface area (Å²) in [4.78, 5) is 24.4. The van der Waals surface area contributed by atoms with Crippen LogP contribution in [0.25, 0.3) is 0 Å². The molecule has 0 aliphatic rings. The standard InChI is InChI=1S/C17H22ClNO4/c1-17(2,3)23-16(22)19(4)14(9-10-15(20)21)11-12-5-7-13(18)8-6-12/h5-10,14H,11H2,1-4H3,(H,20,21)/b10-9+/t14-/m0/s1. The van der Waals surface area contributed by atoms with Crippen LogP contribution in [0.5, 0.6) is 0 Å². The van der Waals surface area contributed by atoms with Crippen LogP contribution < -0.4 is 0 Å². The highest BCUT2D eigenvalue weighted by Crippen LogP contribution is 2.16. The predicted octanol–water partition coefficient (Wildman–Crippen LogP) is 3.76. The van der Waals surface area contributed by atoms with Gasteiger partial charge in [-0.15, -0.1) is 0 Å². The number of amides is 1. The number of rotatable bonds is 5. The summed E-state index contributed by atoms with van der Waals surface area (Å²) < 4.78 is 5.33. The number of hydrogen-bond acceptors (Lipinski definition) is 3. The molecule has 0 spiro atoms. The van der Waals surface area contributed by atoms with Crippen molar-refractivity contribution in [1.29, 1.82) is 0 Å². The fourth-order valence-corrected chi connectivity index (χ4v) is 1.98. The highest BCUT2D eigenvalue weighted by atomic mass is 35.5. The fraction of sp³-hybridized carbons (Fsp3) is 0.412. The highest BCUT2D eigenvalue weighted by molar-refractivity contribution is 6.30. The van der Waals surface area contributed by atoms with Crippen LogP contribution in [0.4, 0.5) is 4.79 Å². The second-order valence-electron chi connectivity index (χ2n) is 6.19. The molecule has 1 atom stereocenters. The van der Waals surface area contributed by atoms with Crippen LogP contribution >= 0.6 is 11.6 Å². The van der Waals surface area contributed by atoms with Gasteiger partial charge in [0.15, 0.2) is 0 Å². The number of likely N-dealkylation sites (N-methyl/N-ethyl adjacent to an activating group) is 1. The van der Waals surface area contributed by atoms with Crippen LogP contribution in [0, 0.1) is 0 Å². The Balaban J connectivity index is 2.92. The molecule has 0 aromatic heterocycles. The smallest absolute Gasteiger partial charge is 0.410 e. The van der Waals surface area contributed by atoms with E-state index in [4.69, 9.17) is 21.4 Å². The largest absolute Gasteiger partial charge is 0.478 e. The van der Waals surface area contributed by atoms with Gasteiger partial charge in [-0.05, 0) is 44.9 Å². The lowest BCUT2D eigenvalue weighted by Crippen LogP contribution is -2.41.